The summed E-state index contributed by atoms with van der Waals surface area (Å²) in [7, 11) is 0. The number of nitrogens with zero attached hydrogens (tertiary/aromatic N) is 1. The van der Waals surface area contributed by atoms with Crippen molar-refractivity contribution in [3.63, 3.8) is 0 Å². The monoisotopic (exact) mass is 386 g/mol. The van der Waals surface area contributed by atoms with Crippen LogP contribution in [0, 0.1) is 23.7 Å². The SMILES string of the molecule is O=C(Cc1csc(-c2ccccc2Cl)n1)NC1CC2CC1C1CCCC21. The first-order chi connectivity index (χ1) is 12.7. The molecule has 1 amide bonds. The Hall–Kier alpha value is -1.39. The van der Waals surface area contributed by atoms with Crippen LogP contribution < -0.4 is 5.32 Å². The maximum Gasteiger partial charge on any atom is 0.226 e. The van der Waals surface area contributed by atoms with Crippen molar-refractivity contribution in [1.82, 2.24) is 10.3 Å². The molecule has 136 valence electrons. The van der Waals surface area contributed by atoms with Crippen LogP contribution in [0.5, 0.6) is 0 Å². The van der Waals surface area contributed by atoms with Crippen LogP contribution in [0.25, 0.3) is 10.6 Å². The third-order valence-corrected chi connectivity index (χ3v) is 8.03. The minimum Gasteiger partial charge on any atom is -0.353 e. The van der Waals surface area contributed by atoms with Gasteiger partial charge in [0.15, 0.2) is 0 Å². The summed E-state index contributed by atoms with van der Waals surface area (Å²) in [6.07, 6.45) is 7.10. The van der Waals surface area contributed by atoms with Crippen LogP contribution in [0.3, 0.4) is 0 Å². The molecular weight excluding hydrogens is 364 g/mol. The normalized spacial score (nSPS) is 32.0. The van der Waals surface area contributed by atoms with Crippen LogP contribution in [0.2, 0.25) is 5.02 Å². The zero-order chi connectivity index (χ0) is 17.7. The van der Waals surface area contributed by atoms with Crippen molar-refractivity contribution in [3.05, 3.63) is 40.4 Å². The maximum absolute atomic E-state index is 12.6. The standard InChI is InChI=1S/C21H23ClN2OS/c22-18-7-2-1-4-16(18)21-23-13(11-26-21)10-20(25)24-19-9-12-8-17(19)15-6-3-5-14(12)15/h1-2,4,7,11-12,14-15,17,19H,3,5-6,8-10H2,(H,24,25). The van der Waals surface area contributed by atoms with E-state index in [1.165, 1.54) is 32.1 Å². The van der Waals surface area contributed by atoms with E-state index in [0.717, 1.165) is 39.9 Å². The predicted molar refractivity (Wildman–Crippen MR) is 105 cm³/mol. The van der Waals surface area contributed by atoms with Gasteiger partial charge in [0.05, 0.1) is 17.1 Å². The zero-order valence-corrected chi connectivity index (χ0v) is 16.2. The van der Waals surface area contributed by atoms with Gasteiger partial charge in [-0.25, -0.2) is 4.98 Å². The summed E-state index contributed by atoms with van der Waals surface area (Å²) >= 11 is 7.81. The Balaban J connectivity index is 1.23. The van der Waals surface area contributed by atoms with Gasteiger partial charge in [0, 0.05) is 17.0 Å². The van der Waals surface area contributed by atoms with Crippen LogP contribution in [-0.4, -0.2) is 16.9 Å². The highest BCUT2D eigenvalue weighted by Crippen LogP contribution is 2.58. The van der Waals surface area contributed by atoms with Crippen molar-refractivity contribution in [3.8, 4) is 10.6 Å². The van der Waals surface area contributed by atoms with E-state index < -0.39 is 0 Å². The zero-order valence-electron chi connectivity index (χ0n) is 14.7. The number of benzene rings is 1. The number of hydrogen-bond donors (Lipinski definition) is 1. The molecule has 3 saturated carbocycles. The molecule has 5 rings (SSSR count). The van der Waals surface area contributed by atoms with Crippen molar-refractivity contribution in [2.75, 3.05) is 0 Å². The Labute approximate surface area is 163 Å². The van der Waals surface area contributed by atoms with Crippen molar-refractivity contribution < 1.29 is 4.79 Å². The number of hydrogen-bond acceptors (Lipinski definition) is 3. The Morgan fingerprint density at radius 3 is 2.92 bits per heavy atom. The van der Waals surface area contributed by atoms with Gasteiger partial charge in [0.1, 0.15) is 5.01 Å². The molecule has 5 heteroatoms. The Bertz CT molecular complexity index is 835. The highest BCUT2D eigenvalue weighted by atomic mass is 35.5. The number of thiazole rings is 1. The first-order valence-electron chi connectivity index (χ1n) is 9.67. The summed E-state index contributed by atoms with van der Waals surface area (Å²) in [5.74, 6) is 3.55. The van der Waals surface area contributed by atoms with E-state index in [0.29, 0.717) is 17.5 Å². The Morgan fingerprint density at radius 2 is 2.04 bits per heavy atom. The molecule has 1 N–H and O–H groups in total. The number of amides is 1. The predicted octanol–water partition coefficient (Wildman–Crippen LogP) is 4.95. The average molecular weight is 387 g/mol. The van der Waals surface area contributed by atoms with Crippen LogP contribution in [0.15, 0.2) is 29.6 Å². The molecule has 0 spiro atoms. The minimum atomic E-state index is 0.119. The van der Waals surface area contributed by atoms with Gasteiger partial charge in [-0.15, -0.1) is 11.3 Å². The van der Waals surface area contributed by atoms with Gasteiger partial charge in [0.2, 0.25) is 5.91 Å². The van der Waals surface area contributed by atoms with Gasteiger partial charge >= 0.3 is 0 Å². The summed E-state index contributed by atoms with van der Waals surface area (Å²) in [6, 6.07) is 8.11. The molecule has 3 nitrogen and oxygen atoms in total. The molecule has 5 atom stereocenters. The highest BCUT2D eigenvalue weighted by Gasteiger charge is 2.53. The Morgan fingerprint density at radius 1 is 1.19 bits per heavy atom. The number of halogens is 1. The fourth-order valence-corrected chi connectivity index (χ4v) is 6.94. The second-order valence-electron chi connectivity index (χ2n) is 8.13. The summed E-state index contributed by atoms with van der Waals surface area (Å²) in [5.41, 5.74) is 1.77. The first-order valence-corrected chi connectivity index (χ1v) is 10.9. The van der Waals surface area contributed by atoms with E-state index >= 15 is 0 Å². The van der Waals surface area contributed by atoms with Gasteiger partial charge in [-0.3, -0.25) is 4.79 Å². The van der Waals surface area contributed by atoms with E-state index in [1.54, 1.807) is 11.3 Å². The van der Waals surface area contributed by atoms with Gasteiger partial charge in [-0.1, -0.05) is 36.2 Å². The lowest BCUT2D eigenvalue weighted by atomic mass is 9.79. The van der Waals surface area contributed by atoms with Crippen molar-refractivity contribution in [1.29, 1.82) is 0 Å². The molecule has 3 fully saturated rings. The molecule has 0 aliphatic heterocycles. The molecule has 1 aromatic heterocycles. The lowest BCUT2D eigenvalue weighted by Gasteiger charge is -2.32. The molecule has 0 radical (unpaired) electrons. The third-order valence-electron chi connectivity index (χ3n) is 6.77. The topological polar surface area (TPSA) is 42.0 Å². The number of nitrogens with one attached hydrogen (secondary N) is 1. The number of aromatic nitrogens is 1. The first kappa shape index (κ1) is 16.8. The van der Waals surface area contributed by atoms with Crippen molar-refractivity contribution in [2.45, 2.75) is 44.6 Å². The van der Waals surface area contributed by atoms with Gasteiger partial charge in [-0.05, 0) is 55.4 Å². The smallest absolute Gasteiger partial charge is 0.226 e. The number of carbonyl (C=O) groups is 1. The molecule has 3 aliphatic rings. The lowest BCUT2D eigenvalue weighted by molar-refractivity contribution is -0.121. The molecule has 2 aromatic rings. The second kappa shape index (κ2) is 6.65. The Kier molecular flexibility index (Phi) is 4.29. The van der Waals surface area contributed by atoms with Gasteiger partial charge in [-0.2, -0.15) is 0 Å². The molecule has 1 heterocycles. The molecule has 5 unspecified atom stereocenters. The second-order valence-corrected chi connectivity index (χ2v) is 9.39. The van der Waals surface area contributed by atoms with Crippen molar-refractivity contribution in [2.24, 2.45) is 23.7 Å². The quantitative estimate of drug-likeness (QED) is 0.807. The largest absolute Gasteiger partial charge is 0.353 e. The lowest BCUT2D eigenvalue weighted by Crippen LogP contribution is -2.43. The van der Waals surface area contributed by atoms with Crippen LogP contribution in [0.1, 0.15) is 37.8 Å². The number of carbonyl (C=O) groups excluding carboxylic acids is 1. The van der Waals surface area contributed by atoms with E-state index in [4.69, 9.17) is 11.6 Å². The molecular formula is C21H23ClN2OS. The average Bonchev–Trinajstić information content (AvgIpc) is 3.37. The van der Waals surface area contributed by atoms with E-state index in [-0.39, 0.29) is 5.91 Å². The maximum atomic E-state index is 12.6. The number of rotatable bonds is 4. The fraction of sp³-hybridized carbons (Fsp3) is 0.524. The summed E-state index contributed by atoms with van der Waals surface area (Å²) in [5, 5.41) is 6.89. The van der Waals surface area contributed by atoms with Gasteiger partial charge in [0.25, 0.3) is 0 Å². The fourth-order valence-electron chi connectivity index (χ4n) is 5.80. The van der Waals surface area contributed by atoms with Crippen LogP contribution in [-0.2, 0) is 11.2 Å². The molecule has 3 aliphatic carbocycles. The van der Waals surface area contributed by atoms with E-state index in [2.05, 4.69) is 10.3 Å². The van der Waals surface area contributed by atoms with Crippen LogP contribution in [0.4, 0.5) is 0 Å². The van der Waals surface area contributed by atoms with Gasteiger partial charge < -0.3 is 5.32 Å². The molecule has 26 heavy (non-hydrogen) atoms. The molecule has 2 bridgehead atoms. The van der Waals surface area contributed by atoms with Crippen molar-refractivity contribution >= 4 is 28.8 Å². The third kappa shape index (κ3) is 2.87. The molecule has 0 saturated heterocycles. The van der Waals surface area contributed by atoms with E-state index in [9.17, 15) is 4.79 Å². The highest BCUT2D eigenvalue weighted by molar-refractivity contribution is 7.13. The minimum absolute atomic E-state index is 0.119. The number of fused-ring (bicyclic) bond motifs is 5. The summed E-state index contributed by atoms with van der Waals surface area (Å²) in [4.78, 5) is 17.2. The summed E-state index contributed by atoms with van der Waals surface area (Å²) < 4.78 is 0. The molecule has 1 aromatic carbocycles. The summed E-state index contributed by atoms with van der Waals surface area (Å²) in [6.45, 7) is 0. The van der Waals surface area contributed by atoms with E-state index in [1.807, 2.05) is 29.6 Å². The van der Waals surface area contributed by atoms with Crippen LogP contribution >= 0.6 is 22.9 Å².